The Hall–Kier alpha value is -3.68. The number of rotatable bonds is 5. The van der Waals surface area contributed by atoms with E-state index in [4.69, 9.17) is 9.47 Å². The van der Waals surface area contributed by atoms with E-state index in [0.29, 0.717) is 28.3 Å². The first-order valence-electron chi connectivity index (χ1n) is 8.62. The van der Waals surface area contributed by atoms with Crippen LogP contribution in [0.5, 0.6) is 11.5 Å². The molecule has 8 heteroatoms. The van der Waals surface area contributed by atoms with E-state index in [-0.39, 0.29) is 37.2 Å². The highest BCUT2D eigenvalue weighted by molar-refractivity contribution is 5.94. The van der Waals surface area contributed by atoms with Gasteiger partial charge in [0.2, 0.25) is 6.79 Å². The predicted molar refractivity (Wildman–Crippen MR) is 98.8 cm³/mol. The molecule has 7 nitrogen and oxygen atoms in total. The predicted octanol–water partition coefficient (Wildman–Crippen LogP) is 2.21. The maximum Gasteiger partial charge on any atom is 0.266 e. The molecule has 0 unspecified atom stereocenters. The van der Waals surface area contributed by atoms with Gasteiger partial charge in [-0.05, 0) is 48.5 Å². The van der Waals surface area contributed by atoms with Crippen molar-refractivity contribution >= 4 is 5.91 Å². The summed E-state index contributed by atoms with van der Waals surface area (Å²) in [6.07, 6.45) is 0. The van der Waals surface area contributed by atoms with Crippen molar-refractivity contribution in [3.8, 4) is 22.8 Å². The molecule has 2 heterocycles. The third kappa shape index (κ3) is 3.71. The molecule has 0 fully saturated rings. The Kier molecular flexibility index (Phi) is 4.76. The molecule has 1 aliphatic heterocycles. The van der Waals surface area contributed by atoms with Gasteiger partial charge in [-0.3, -0.25) is 9.59 Å². The number of carbonyl (C=O) groups excluding carboxylic acids is 1. The number of halogens is 1. The molecule has 1 N–H and O–H groups in total. The molecule has 0 aliphatic carbocycles. The molecule has 28 heavy (non-hydrogen) atoms. The van der Waals surface area contributed by atoms with Crippen LogP contribution in [-0.2, 0) is 6.54 Å². The standard InChI is InChI=1S/C20H16FN3O4/c21-15-4-1-13(2-5-15)16-6-8-19(25)24(23-16)10-9-22-20(26)14-3-7-17-18(11-14)28-12-27-17/h1-8,11H,9-10,12H2,(H,22,26). The van der Waals surface area contributed by atoms with Crippen LogP contribution in [-0.4, -0.2) is 29.0 Å². The Bertz CT molecular complexity index is 1080. The maximum absolute atomic E-state index is 13.1. The fourth-order valence-electron chi connectivity index (χ4n) is 2.80. The quantitative estimate of drug-likeness (QED) is 0.733. The van der Waals surface area contributed by atoms with Crippen molar-refractivity contribution in [1.82, 2.24) is 15.1 Å². The lowest BCUT2D eigenvalue weighted by molar-refractivity contribution is 0.0951. The van der Waals surface area contributed by atoms with Gasteiger partial charge in [0.05, 0.1) is 12.2 Å². The second-order valence-electron chi connectivity index (χ2n) is 6.11. The van der Waals surface area contributed by atoms with Crippen LogP contribution in [0.1, 0.15) is 10.4 Å². The van der Waals surface area contributed by atoms with E-state index in [2.05, 4.69) is 10.4 Å². The molecule has 0 saturated heterocycles. The van der Waals surface area contributed by atoms with Crippen molar-refractivity contribution in [2.75, 3.05) is 13.3 Å². The minimum atomic E-state index is -0.344. The van der Waals surface area contributed by atoms with Crippen molar-refractivity contribution in [2.24, 2.45) is 0 Å². The van der Waals surface area contributed by atoms with Crippen molar-refractivity contribution < 1.29 is 18.7 Å². The summed E-state index contributed by atoms with van der Waals surface area (Å²) in [7, 11) is 0. The third-order valence-electron chi connectivity index (χ3n) is 4.25. The highest BCUT2D eigenvalue weighted by atomic mass is 19.1. The summed E-state index contributed by atoms with van der Waals surface area (Å²) in [6, 6.07) is 13.7. The number of fused-ring (bicyclic) bond motifs is 1. The molecule has 0 atom stereocenters. The number of nitrogens with zero attached hydrogens (tertiary/aromatic N) is 2. The van der Waals surface area contributed by atoms with Gasteiger partial charge in [-0.2, -0.15) is 5.10 Å². The van der Waals surface area contributed by atoms with Gasteiger partial charge in [-0.25, -0.2) is 9.07 Å². The minimum absolute atomic E-state index is 0.138. The van der Waals surface area contributed by atoms with Gasteiger partial charge in [0.25, 0.3) is 11.5 Å². The molecular weight excluding hydrogens is 365 g/mol. The Morgan fingerprint density at radius 2 is 1.86 bits per heavy atom. The van der Waals surface area contributed by atoms with Crippen LogP contribution in [0.4, 0.5) is 4.39 Å². The van der Waals surface area contributed by atoms with Crippen LogP contribution in [0.25, 0.3) is 11.3 Å². The van der Waals surface area contributed by atoms with Crippen LogP contribution in [0, 0.1) is 5.82 Å². The SMILES string of the molecule is O=C(NCCn1nc(-c2ccc(F)cc2)ccc1=O)c1ccc2c(c1)OCO2. The number of carbonyl (C=O) groups is 1. The zero-order valence-electron chi connectivity index (χ0n) is 14.7. The zero-order chi connectivity index (χ0) is 19.5. The van der Waals surface area contributed by atoms with E-state index in [9.17, 15) is 14.0 Å². The maximum atomic E-state index is 13.1. The summed E-state index contributed by atoms with van der Waals surface area (Å²) < 4.78 is 24.8. The van der Waals surface area contributed by atoms with E-state index in [0.717, 1.165) is 0 Å². The van der Waals surface area contributed by atoms with E-state index >= 15 is 0 Å². The molecule has 0 radical (unpaired) electrons. The molecule has 0 bridgehead atoms. The normalized spacial score (nSPS) is 12.0. The lowest BCUT2D eigenvalue weighted by Crippen LogP contribution is -2.31. The van der Waals surface area contributed by atoms with E-state index in [1.54, 1.807) is 36.4 Å². The topological polar surface area (TPSA) is 82.5 Å². The van der Waals surface area contributed by atoms with Gasteiger partial charge in [-0.1, -0.05) is 0 Å². The first kappa shape index (κ1) is 17.7. The number of benzene rings is 2. The zero-order valence-corrected chi connectivity index (χ0v) is 14.7. The Balaban J connectivity index is 1.42. The van der Waals surface area contributed by atoms with Crippen molar-refractivity contribution in [2.45, 2.75) is 6.54 Å². The van der Waals surface area contributed by atoms with E-state index < -0.39 is 0 Å². The highest BCUT2D eigenvalue weighted by Crippen LogP contribution is 2.32. The fraction of sp³-hybridized carbons (Fsp3) is 0.150. The molecule has 3 aromatic rings. The van der Waals surface area contributed by atoms with E-state index in [1.807, 2.05) is 0 Å². The Morgan fingerprint density at radius 1 is 1.07 bits per heavy atom. The summed E-state index contributed by atoms with van der Waals surface area (Å²) in [4.78, 5) is 24.3. The minimum Gasteiger partial charge on any atom is -0.454 e. The van der Waals surface area contributed by atoms with Crippen molar-refractivity contribution in [3.63, 3.8) is 0 Å². The number of hydrogen-bond donors (Lipinski definition) is 1. The summed E-state index contributed by atoms with van der Waals surface area (Å²) in [5.41, 5.74) is 1.38. The molecule has 2 aromatic carbocycles. The largest absolute Gasteiger partial charge is 0.454 e. The van der Waals surface area contributed by atoms with Crippen molar-refractivity contribution in [3.05, 3.63) is 76.3 Å². The molecular formula is C20H16FN3O4. The van der Waals surface area contributed by atoms with Crippen LogP contribution in [0.15, 0.2) is 59.4 Å². The Labute approximate surface area is 159 Å². The average molecular weight is 381 g/mol. The Morgan fingerprint density at radius 3 is 2.68 bits per heavy atom. The summed E-state index contributed by atoms with van der Waals surface area (Å²) in [5.74, 6) is 0.492. The van der Waals surface area contributed by atoms with Crippen LogP contribution < -0.4 is 20.3 Å². The van der Waals surface area contributed by atoms with Gasteiger partial charge in [0.1, 0.15) is 5.82 Å². The van der Waals surface area contributed by atoms with Gasteiger partial charge in [0.15, 0.2) is 11.5 Å². The highest BCUT2D eigenvalue weighted by Gasteiger charge is 2.16. The van der Waals surface area contributed by atoms with Gasteiger partial charge in [-0.15, -0.1) is 0 Å². The molecule has 1 aliphatic rings. The summed E-state index contributed by atoms with van der Waals surface area (Å²) in [5, 5.41) is 7.03. The smallest absolute Gasteiger partial charge is 0.266 e. The van der Waals surface area contributed by atoms with Crippen LogP contribution >= 0.6 is 0 Å². The second-order valence-corrected chi connectivity index (χ2v) is 6.11. The molecule has 1 amide bonds. The lowest BCUT2D eigenvalue weighted by Gasteiger charge is -2.09. The van der Waals surface area contributed by atoms with Crippen molar-refractivity contribution in [1.29, 1.82) is 0 Å². The molecule has 142 valence electrons. The van der Waals surface area contributed by atoms with Gasteiger partial charge in [0, 0.05) is 23.7 Å². The van der Waals surface area contributed by atoms with Crippen LogP contribution in [0.2, 0.25) is 0 Å². The first-order valence-corrected chi connectivity index (χ1v) is 8.62. The first-order chi connectivity index (χ1) is 13.6. The number of nitrogens with one attached hydrogen (secondary N) is 1. The average Bonchev–Trinajstić information content (AvgIpc) is 3.18. The monoisotopic (exact) mass is 381 g/mol. The van der Waals surface area contributed by atoms with Gasteiger partial charge < -0.3 is 14.8 Å². The summed E-state index contributed by atoms with van der Waals surface area (Å²) >= 11 is 0. The molecule has 4 rings (SSSR count). The van der Waals surface area contributed by atoms with Gasteiger partial charge >= 0.3 is 0 Å². The summed E-state index contributed by atoms with van der Waals surface area (Å²) in [6.45, 7) is 0.552. The lowest BCUT2D eigenvalue weighted by atomic mass is 10.1. The number of amides is 1. The van der Waals surface area contributed by atoms with E-state index in [1.165, 1.54) is 22.9 Å². The second kappa shape index (κ2) is 7.51. The molecule has 1 aromatic heterocycles. The molecule has 0 spiro atoms. The number of ether oxygens (including phenoxy) is 2. The number of hydrogen-bond acceptors (Lipinski definition) is 5. The number of aromatic nitrogens is 2. The third-order valence-corrected chi connectivity index (χ3v) is 4.25. The molecule has 0 saturated carbocycles. The van der Waals surface area contributed by atoms with Crippen LogP contribution in [0.3, 0.4) is 0 Å². The fourth-order valence-corrected chi connectivity index (χ4v) is 2.80.